The van der Waals surface area contributed by atoms with Crippen molar-refractivity contribution in [3.05, 3.63) is 29.3 Å². The molecule has 2 heterocycles. The van der Waals surface area contributed by atoms with Gasteiger partial charge in [-0.3, -0.25) is 4.79 Å². The lowest BCUT2D eigenvalue weighted by molar-refractivity contribution is -0.134. The number of esters is 1. The summed E-state index contributed by atoms with van der Waals surface area (Å²) < 4.78 is 60.6. The third-order valence-corrected chi connectivity index (χ3v) is 9.28. The van der Waals surface area contributed by atoms with Crippen LogP contribution in [0.5, 0.6) is 0 Å². The van der Waals surface area contributed by atoms with Crippen molar-refractivity contribution < 1.29 is 35.9 Å². The van der Waals surface area contributed by atoms with Crippen molar-refractivity contribution in [2.75, 3.05) is 51.5 Å². The third-order valence-electron chi connectivity index (χ3n) is 5.49. The molecule has 0 unspecified atom stereocenters. The maximum absolute atomic E-state index is 12.9. The number of sulfone groups is 1. The quantitative estimate of drug-likeness (QED) is 0.520. The summed E-state index contributed by atoms with van der Waals surface area (Å²) in [5.74, 6) is -1.44. The largest absolute Gasteiger partial charge is 0.452 e. The molecule has 31 heavy (non-hydrogen) atoms. The number of sulfonamides is 1. The number of rotatable bonds is 6. The van der Waals surface area contributed by atoms with Gasteiger partial charge in [0, 0.05) is 26.2 Å². The predicted octanol–water partition coefficient (Wildman–Crippen LogP) is -0.182. The van der Waals surface area contributed by atoms with Gasteiger partial charge in [-0.2, -0.15) is 4.31 Å². The van der Waals surface area contributed by atoms with Crippen LogP contribution in [0.3, 0.4) is 0 Å². The zero-order chi connectivity index (χ0) is 22.8. The van der Waals surface area contributed by atoms with Gasteiger partial charge in [-0.05, 0) is 31.0 Å². The van der Waals surface area contributed by atoms with Crippen molar-refractivity contribution in [1.29, 1.82) is 0 Å². The van der Waals surface area contributed by atoms with E-state index in [-0.39, 0.29) is 35.1 Å². The van der Waals surface area contributed by atoms with E-state index < -0.39 is 44.4 Å². The first-order valence-corrected chi connectivity index (χ1v) is 13.1. The molecule has 1 amide bonds. The Morgan fingerprint density at radius 1 is 1.26 bits per heavy atom. The first-order chi connectivity index (χ1) is 14.5. The Labute approximate surface area is 182 Å². The van der Waals surface area contributed by atoms with Crippen molar-refractivity contribution in [2.24, 2.45) is 0 Å². The van der Waals surface area contributed by atoms with Gasteiger partial charge in [-0.15, -0.1) is 0 Å². The van der Waals surface area contributed by atoms with Gasteiger partial charge < -0.3 is 14.4 Å². The lowest BCUT2D eigenvalue weighted by atomic mass is 10.1. The van der Waals surface area contributed by atoms with Gasteiger partial charge in [0.15, 0.2) is 16.4 Å². The van der Waals surface area contributed by atoms with E-state index in [2.05, 4.69) is 0 Å². The molecule has 0 N–H and O–H groups in total. The number of ether oxygens (including phenoxy) is 2. The molecule has 0 radical (unpaired) electrons. The smallest absolute Gasteiger partial charge is 0.338 e. The molecule has 2 aliphatic rings. The van der Waals surface area contributed by atoms with E-state index in [1.165, 1.54) is 34.5 Å². The van der Waals surface area contributed by atoms with Crippen LogP contribution in [0.4, 0.5) is 0 Å². The van der Waals surface area contributed by atoms with Gasteiger partial charge in [0.2, 0.25) is 10.0 Å². The zero-order valence-corrected chi connectivity index (χ0v) is 19.1. The van der Waals surface area contributed by atoms with Crippen LogP contribution in [-0.2, 0) is 34.1 Å². The average Bonchev–Trinajstić information content (AvgIpc) is 3.11. The summed E-state index contributed by atoms with van der Waals surface area (Å²) in [5.41, 5.74) is 0.498. The molecule has 172 valence electrons. The molecule has 0 aliphatic carbocycles. The van der Waals surface area contributed by atoms with Gasteiger partial charge in [0.25, 0.3) is 5.91 Å². The molecular formula is C19H26N2O8S2. The summed E-state index contributed by atoms with van der Waals surface area (Å²) in [6.07, 6.45) is 0.346. The second-order valence-electron chi connectivity index (χ2n) is 7.63. The summed E-state index contributed by atoms with van der Waals surface area (Å²) >= 11 is 0. The van der Waals surface area contributed by atoms with Crippen molar-refractivity contribution in [3.8, 4) is 0 Å². The number of carbonyl (C=O) groups is 2. The fourth-order valence-corrected chi connectivity index (χ4v) is 6.96. The summed E-state index contributed by atoms with van der Waals surface area (Å²) in [5, 5.41) is 0. The Balaban J connectivity index is 1.67. The topological polar surface area (TPSA) is 127 Å². The Hall–Kier alpha value is -2.02. The molecule has 12 heteroatoms. The monoisotopic (exact) mass is 474 g/mol. The standard InChI is InChI=1S/C19H26N2O8S2/c1-14-3-4-15(11-17(14)31(26,27)21-6-8-28-9-7-21)19(23)29-12-18(22)20(2)16-5-10-30(24,25)13-16/h3-4,11,16H,5-10,12-13H2,1-2H3/t16-/m0/s1. The lowest BCUT2D eigenvalue weighted by Crippen LogP contribution is -2.41. The van der Waals surface area contributed by atoms with Crippen LogP contribution in [0.15, 0.2) is 23.1 Å². The van der Waals surface area contributed by atoms with Gasteiger partial charge in [-0.1, -0.05) is 6.07 Å². The van der Waals surface area contributed by atoms with E-state index in [4.69, 9.17) is 9.47 Å². The Kier molecular flexibility index (Phi) is 7.04. The minimum atomic E-state index is -3.80. The van der Waals surface area contributed by atoms with E-state index in [0.29, 0.717) is 25.2 Å². The number of benzene rings is 1. The van der Waals surface area contributed by atoms with Crippen molar-refractivity contribution in [3.63, 3.8) is 0 Å². The fourth-order valence-electron chi connectivity index (χ4n) is 3.53. The van der Waals surface area contributed by atoms with Gasteiger partial charge in [-0.25, -0.2) is 21.6 Å². The molecule has 0 spiro atoms. The molecule has 3 rings (SSSR count). The van der Waals surface area contributed by atoms with Gasteiger partial charge >= 0.3 is 5.97 Å². The van der Waals surface area contributed by atoms with E-state index in [9.17, 15) is 26.4 Å². The lowest BCUT2D eigenvalue weighted by Gasteiger charge is -2.26. The third kappa shape index (κ3) is 5.43. The average molecular weight is 475 g/mol. The van der Waals surface area contributed by atoms with Crippen LogP contribution in [-0.4, -0.2) is 95.4 Å². The van der Waals surface area contributed by atoms with E-state index >= 15 is 0 Å². The van der Waals surface area contributed by atoms with Crippen molar-refractivity contribution in [2.45, 2.75) is 24.3 Å². The number of carbonyl (C=O) groups excluding carboxylic acids is 2. The molecule has 1 aromatic rings. The number of hydrogen-bond donors (Lipinski definition) is 0. The second kappa shape index (κ2) is 9.23. The van der Waals surface area contributed by atoms with Crippen LogP contribution in [0.1, 0.15) is 22.3 Å². The second-order valence-corrected chi connectivity index (χ2v) is 11.8. The number of nitrogens with zero attached hydrogens (tertiary/aromatic N) is 2. The minimum Gasteiger partial charge on any atom is -0.452 e. The molecule has 0 aromatic heterocycles. The molecule has 0 saturated carbocycles. The summed E-state index contributed by atoms with van der Waals surface area (Å²) in [4.78, 5) is 26.0. The molecule has 0 bridgehead atoms. The Morgan fingerprint density at radius 3 is 2.55 bits per heavy atom. The number of likely N-dealkylation sites (N-methyl/N-ethyl adjacent to an activating group) is 1. The highest BCUT2D eigenvalue weighted by atomic mass is 32.2. The summed E-state index contributed by atoms with van der Waals surface area (Å²) in [6, 6.07) is 3.76. The highest BCUT2D eigenvalue weighted by Gasteiger charge is 2.33. The SMILES string of the molecule is Cc1ccc(C(=O)OCC(=O)N(C)[C@H]2CCS(=O)(=O)C2)cc1S(=O)(=O)N1CCOCC1. The van der Waals surface area contributed by atoms with Gasteiger partial charge in [0.1, 0.15) is 0 Å². The summed E-state index contributed by atoms with van der Waals surface area (Å²) in [6.45, 7) is 2.14. The maximum atomic E-state index is 12.9. The number of hydrogen-bond acceptors (Lipinski definition) is 8. The van der Waals surface area contributed by atoms with E-state index in [1.54, 1.807) is 6.92 Å². The van der Waals surface area contributed by atoms with Crippen LogP contribution < -0.4 is 0 Å². The number of aryl methyl sites for hydroxylation is 1. The maximum Gasteiger partial charge on any atom is 0.338 e. The molecule has 2 saturated heterocycles. The highest BCUT2D eigenvalue weighted by Crippen LogP contribution is 2.23. The van der Waals surface area contributed by atoms with E-state index in [0.717, 1.165) is 0 Å². The minimum absolute atomic E-state index is 0.00320. The first kappa shape index (κ1) is 23.6. The molecular weight excluding hydrogens is 448 g/mol. The van der Waals surface area contributed by atoms with E-state index in [1.807, 2.05) is 0 Å². The highest BCUT2D eigenvalue weighted by molar-refractivity contribution is 7.91. The summed E-state index contributed by atoms with van der Waals surface area (Å²) in [7, 11) is -5.48. The normalized spacial score (nSPS) is 21.5. The van der Waals surface area contributed by atoms with Crippen LogP contribution in [0.2, 0.25) is 0 Å². The van der Waals surface area contributed by atoms with Crippen molar-refractivity contribution >= 4 is 31.7 Å². The zero-order valence-electron chi connectivity index (χ0n) is 17.4. The molecule has 10 nitrogen and oxygen atoms in total. The Bertz CT molecular complexity index is 1060. The van der Waals surface area contributed by atoms with Gasteiger partial charge in [0.05, 0.1) is 35.2 Å². The molecule has 1 aromatic carbocycles. The number of amides is 1. The van der Waals surface area contributed by atoms with Crippen LogP contribution in [0.25, 0.3) is 0 Å². The van der Waals surface area contributed by atoms with Crippen LogP contribution >= 0.6 is 0 Å². The molecule has 1 atom stereocenters. The number of morpholine rings is 1. The molecule has 2 aliphatic heterocycles. The predicted molar refractivity (Wildman–Crippen MR) is 111 cm³/mol. The van der Waals surface area contributed by atoms with Crippen molar-refractivity contribution in [1.82, 2.24) is 9.21 Å². The first-order valence-electron chi connectivity index (χ1n) is 9.83. The fraction of sp³-hybridized carbons (Fsp3) is 0.579. The Morgan fingerprint density at radius 2 is 1.94 bits per heavy atom. The van der Waals surface area contributed by atoms with Crippen LogP contribution in [0, 0.1) is 6.92 Å². The molecule has 2 fully saturated rings.